The van der Waals surface area contributed by atoms with Gasteiger partial charge in [-0.15, -0.1) is 0 Å². The predicted octanol–water partition coefficient (Wildman–Crippen LogP) is 4.48. The zero-order chi connectivity index (χ0) is 17.5. The highest BCUT2D eigenvalue weighted by Crippen LogP contribution is 2.22. The van der Waals surface area contributed by atoms with E-state index in [0.29, 0.717) is 23.2 Å². The zero-order valence-electron chi connectivity index (χ0n) is 14.6. The molecular weight excluding hydrogens is 314 g/mol. The molecule has 3 rings (SSSR count). The molecule has 5 nitrogen and oxygen atoms in total. The van der Waals surface area contributed by atoms with Crippen molar-refractivity contribution in [3.05, 3.63) is 48.2 Å². The Bertz CT molecular complexity index is 692. The molecule has 1 saturated carbocycles. The van der Waals surface area contributed by atoms with E-state index in [1.54, 1.807) is 25.4 Å². The first-order valence-corrected chi connectivity index (χ1v) is 8.93. The van der Waals surface area contributed by atoms with E-state index in [9.17, 15) is 4.79 Å². The van der Waals surface area contributed by atoms with E-state index in [2.05, 4.69) is 15.6 Å². The fourth-order valence-corrected chi connectivity index (χ4v) is 3.23. The van der Waals surface area contributed by atoms with Crippen molar-refractivity contribution >= 4 is 17.4 Å². The molecule has 1 aromatic heterocycles. The number of methoxy groups -OCH3 is 1. The third kappa shape index (κ3) is 4.72. The van der Waals surface area contributed by atoms with Crippen molar-refractivity contribution in [1.29, 1.82) is 0 Å². The van der Waals surface area contributed by atoms with Gasteiger partial charge in [-0.25, -0.2) is 4.98 Å². The molecule has 1 fully saturated rings. The van der Waals surface area contributed by atoms with E-state index in [1.807, 2.05) is 24.3 Å². The number of aromatic nitrogens is 1. The van der Waals surface area contributed by atoms with Crippen molar-refractivity contribution < 1.29 is 9.53 Å². The lowest BCUT2D eigenvalue weighted by atomic mass is 10.1. The Morgan fingerprint density at radius 1 is 1.08 bits per heavy atom. The number of hydrogen-bond acceptors (Lipinski definition) is 4. The fourth-order valence-electron chi connectivity index (χ4n) is 3.23. The largest absolute Gasteiger partial charge is 0.496 e. The molecule has 0 saturated heterocycles. The molecule has 25 heavy (non-hydrogen) atoms. The van der Waals surface area contributed by atoms with Crippen LogP contribution in [0.1, 0.15) is 48.9 Å². The summed E-state index contributed by atoms with van der Waals surface area (Å²) >= 11 is 0. The maximum Gasteiger partial charge on any atom is 0.260 e. The van der Waals surface area contributed by atoms with Gasteiger partial charge in [0.05, 0.1) is 24.6 Å². The number of carbonyl (C=O) groups is 1. The Kier molecular flexibility index (Phi) is 5.88. The summed E-state index contributed by atoms with van der Waals surface area (Å²) < 4.78 is 5.23. The molecule has 0 radical (unpaired) electrons. The van der Waals surface area contributed by atoms with Gasteiger partial charge in [0.1, 0.15) is 11.6 Å². The predicted molar refractivity (Wildman–Crippen MR) is 100 cm³/mol. The second kappa shape index (κ2) is 8.51. The van der Waals surface area contributed by atoms with Crippen molar-refractivity contribution in [2.45, 2.75) is 44.6 Å². The summed E-state index contributed by atoms with van der Waals surface area (Å²) in [4.78, 5) is 16.7. The Labute approximate surface area is 148 Å². The van der Waals surface area contributed by atoms with Gasteiger partial charge in [0, 0.05) is 6.04 Å². The second-order valence-corrected chi connectivity index (χ2v) is 6.42. The fraction of sp³-hybridized carbons (Fsp3) is 0.400. The summed E-state index contributed by atoms with van der Waals surface area (Å²) in [6, 6.07) is 11.5. The summed E-state index contributed by atoms with van der Waals surface area (Å²) in [6.45, 7) is 0. The second-order valence-electron chi connectivity index (χ2n) is 6.42. The van der Waals surface area contributed by atoms with Crippen molar-refractivity contribution in [2.24, 2.45) is 0 Å². The van der Waals surface area contributed by atoms with E-state index in [0.717, 1.165) is 5.69 Å². The first-order chi connectivity index (χ1) is 12.3. The van der Waals surface area contributed by atoms with Crippen LogP contribution in [0.25, 0.3) is 0 Å². The quantitative estimate of drug-likeness (QED) is 0.789. The monoisotopic (exact) mass is 339 g/mol. The molecule has 2 N–H and O–H groups in total. The molecule has 0 atom stereocenters. The number of anilines is 2. The van der Waals surface area contributed by atoms with Crippen LogP contribution >= 0.6 is 0 Å². The number of hydrogen-bond donors (Lipinski definition) is 2. The number of rotatable bonds is 5. The number of carbonyl (C=O) groups excluding carboxylic acids is 1. The SMILES string of the molecule is COc1ccccc1C(=O)Nc1ccc(NC2CCCCCC2)cn1. The minimum atomic E-state index is -0.227. The van der Waals surface area contributed by atoms with Crippen molar-refractivity contribution in [1.82, 2.24) is 4.98 Å². The number of ether oxygens (including phenoxy) is 1. The van der Waals surface area contributed by atoms with Gasteiger partial charge < -0.3 is 15.4 Å². The van der Waals surface area contributed by atoms with Gasteiger partial charge >= 0.3 is 0 Å². The lowest BCUT2D eigenvalue weighted by Crippen LogP contribution is -2.18. The summed E-state index contributed by atoms with van der Waals surface area (Å²) in [6.07, 6.45) is 9.46. The molecule has 2 aromatic rings. The van der Waals surface area contributed by atoms with Crippen LogP contribution < -0.4 is 15.4 Å². The third-order valence-electron chi connectivity index (χ3n) is 4.58. The lowest BCUT2D eigenvalue weighted by molar-refractivity contribution is 0.102. The number of amides is 1. The first-order valence-electron chi connectivity index (χ1n) is 8.93. The number of para-hydroxylation sites is 1. The molecule has 1 aliphatic carbocycles. The molecular formula is C20H25N3O2. The topological polar surface area (TPSA) is 63.2 Å². The Hall–Kier alpha value is -2.56. The van der Waals surface area contributed by atoms with Crippen LogP contribution in [0.5, 0.6) is 5.75 Å². The molecule has 1 amide bonds. The number of pyridine rings is 1. The maximum atomic E-state index is 12.4. The van der Waals surface area contributed by atoms with Crippen LogP contribution in [-0.2, 0) is 0 Å². The van der Waals surface area contributed by atoms with Crippen molar-refractivity contribution in [2.75, 3.05) is 17.7 Å². The summed E-state index contributed by atoms with van der Waals surface area (Å²) in [5, 5.41) is 6.37. The molecule has 0 aliphatic heterocycles. The van der Waals surface area contributed by atoms with Crippen LogP contribution in [0, 0.1) is 0 Å². The van der Waals surface area contributed by atoms with Gasteiger partial charge in [0.15, 0.2) is 0 Å². The minimum absolute atomic E-state index is 0.227. The highest BCUT2D eigenvalue weighted by molar-refractivity contribution is 6.05. The van der Waals surface area contributed by atoms with Crippen LogP contribution in [0.15, 0.2) is 42.6 Å². The minimum Gasteiger partial charge on any atom is -0.496 e. The van der Waals surface area contributed by atoms with E-state index in [-0.39, 0.29) is 5.91 Å². The first kappa shape index (κ1) is 17.3. The van der Waals surface area contributed by atoms with Crippen molar-refractivity contribution in [3.63, 3.8) is 0 Å². The highest BCUT2D eigenvalue weighted by atomic mass is 16.5. The van der Waals surface area contributed by atoms with Gasteiger partial charge in [-0.3, -0.25) is 4.79 Å². The van der Waals surface area contributed by atoms with Crippen molar-refractivity contribution in [3.8, 4) is 5.75 Å². The average Bonchev–Trinajstić information content (AvgIpc) is 2.92. The molecule has 0 unspecified atom stereocenters. The lowest BCUT2D eigenvalue weighted by Gasteiger charge is -2.17. The standard InChI is InChI=1S/C20H25N3O2/c1-25-18-11-7-6-10-17(18)20(24)23-19-13-12-16(14-21-19)22-15-8-4-2-3-5-9-15/h6-7,10-15,22H,2-5,8-9H2,1H3,(H,21,23,24). The summed E-state index contributed by atoms with van der Waals surface area (Å²) in [5.41, 5.74) is 1.50. The van der Waals surface area contributed by atoms with E-state index in [4.69, 9.17) is 4.74 Å². The molecule has 5 heteroatoms. The number of benzene rings is 1. The van der Waals surface area contributed by atoms with Crippen LogP contribution in [0.2, 0.25) is 0 Å². The highest BCUT2D eigenvalue weighted by Gasteiger charge is 2.14. The van der Waals surface area contributed by atoms with E-state index >= 15 is 0 Å². The number of nitrogens with zero attached hydrogens (tertiary/aromatic N) is 1. The van der Waals surface area contributed by atoms with E-state index < -0.39 is 0 Å². The third-order valence-corrected chi connectivity index (χ3v) is 4.58. The molecule has 0 bridgehead atoms. The maximum absolute atomic E-state index is 12.4. The van der Waals surface area contributed by atoms with Crippen LogP contribution in [-0.4, -0.2) is 24.0 Å². The Morgan fingerprint density at radius 2 is 1.84 bits per heavy atom. The molecule has 1 heterocycles. The normalized spacial score (nSPS) is 15.2. The molecule has 1 aliphatic rings. The van der Waals surface area contributed by atoms with Gasteiger partial charge in [-0.2, -0.15) is 0 Å². The van der Waals surface area contributed by atoms with Gasteiger partial charge in [-0.1, -0.05) is 37.8 Å². The van der Waals surface area contributed by atoms with Crippen LogP contribution in [0.4, 0.5) is 11.5 Å². The zero-order valence-corrected chi connectivity index (χ0v) is 14.6. The Balaban J connectivity index is 1.61. The molecule has 1 aromatic carbocycles. The van der Waals surface area contributed by atoms with Crippen LogP contribution in [0.3, 0.4) is 0 Å². The van der Waals surface area contributed by atoms with Gasteiger partial charge in [-0.05, 0) is 37.1 Å². The van der Waals surface area contributed by atoms with Gasteiger partial charge in [0.25, 0.3) is 5.91 Å². The smallest absolute Gasteiger partial charge is 0.260 e. The molecule has 0 spiro atoms. The summed E-state index contributed by atoms with van der Waals surface area (Å²) in [7, 11) is 1.55. The molecule has 132 valence electrons. The summed E-state index contributed by atoms with van der Waals surface area (Å²) in [5.74, 6) is 0.850. The average molecular weight is 339 g/mol. The number of nitrogens with one attached hydrogen (secondary N) is 2. The van der Waals surface area contributed by atoms with E-state index in [1.165, 1.54) is 38.5 Å². The Morgan fingerprint density at radius 3 is 2.52 bits per heavy atom. The van der Waals surface area contributed by atoms with Gasteiger partial charge in [0.2, 0.25) is 0 Å².